The van der Waals surface area contributed by atoms with Crippen LogP contribution in [0.3, 0.4) is 0 Å². The van der Waals surface area contributed by atoms with Crippen molar-refractivity contribution < 1.29 is 40.6 Å². The molecule has 0 fully saturated rings. The number of para-hydroxylation sites is 1. The minimum absolute atomic E-state index is 0.138. The van der Waals surface area contributed by atoms with E-state index < -0.39 is 31.8 Å². The molecule has 0 aromatic heterocycles. The van der Waals surface area contributed by atoms with Crippen LogP contribution in [-0.2, 0) is 17.6 Å². The molecule has 0 amide bonds. The Morgan fingerprint density at radius 2 is 1.75 bits per heavy atom. The molecule has 0 spiro atoms. The first-order chi connectivity index (χ1) is 15.2. The number of hydrogen-bond donors (Lipinski definition) is 1. The summed E-state index contributed by atoms with van der Waals surface area (Å²) in [5, 5.41) is 2.47. The molecule has 0 aliphatic heterocycles. The monoisotopic (exact) mass is 465 g/mol. The average Bonchev–Trinajstić information content (AvgIpc) is 2.73. The van der Waals surface area contributed by atoms with Gasteiger partial charge in [0.1, 0.15) is 18.1 Å². The minimum atomic E-state index is -4.77. The molecule has 2 atom stereocenters. The van der Waals surface area contributed by atoms with Crippen molar-refractivity contribution in [3.05, 3.63) is 59.7 Å². The van der Waals surface area contributed by atoms with E-state index in [2.05, 4.69) is 10.1 Å². The second-order valence-electron chi connectivity index (χ2n) is 6.98. The summed E-state index contributed by atoms with van der Waals surface area (Å²) in [5.41, 5.74) is 1.39. The highest BCUT2D eigenvalue weighted by Crippen LogP contribution is 2.25. The van der Waals surface area contributed by atoms with Crippen molar-refractivity contribution >= 4 is 0 Å². The summed E-state index contributed by atoms with van der Waals surface area (Å²) in [6.45, 7) is -1.27. The number of halogens is 6. The van der Waals surface area contributed by atoms with Crippen LogP contribution in [-0.4, -0.2) is 45.4 Å². The van der Waals surface area contributed by atoms with Crippen molar-refractivity contribution in [3.63, 3.8) is 0 Å². The predicted molar refractivity (Wildman–Crippen MR) is 107 cm³/mol. The lowest BCUT2D eigenvalue weighted by Gasteiger charge is -2.23. The smallest absolute Gasteiger partial charge is 0.491 e. The molecule has 0 saturated carbocycles. The van der Waals surface area contributed by atoms with Crippen molar-refractivity contribution in [2.24, 2.45) is 0 Å². The molecular weight excluding hydrogens is 440 g/mol. The molecule has 2 aromatic carbocycles. The third kappa shape index (κ3) is 8.96. The van der Waals surface area contributed by atoms with E-state index in [-0.39, 0.29) is 18.8 Å². The lowest BCUT2D eigenvalue weighted by Crippen LogP contribution is -2.38. The Labute approximate surface area is 182 Å². The molecule has 2 unspecified atom stereocenters. The molecule has 0 bridgehead atoms. The third-order valence-corrected chi connectivity index (χ3v) is 4.70. The molecule has 0 aliphatic rings. The molecule has 0 radical (unpaired) electrons. The number of ether oxygens (including phenoxy) is 3. The Balaban J connectivity index is 2.01. The fourth-order valence-electron chi connectivity index (χ4n) is 3.11. The van der Waals surface area contributed by atoms with E-state index in [0.29, 0.717) is 24.2 Å². The second kappa shape index (κ2) is 12.5. The highest BCUT2D eigenvalue weighted by Gasteiger charge is 2.31. The molecule has 0 heterocycles. The van der Waals surface area contributed by atoms with Gasteiger partial charge in [-0.15, -0.1) is 13.2 Å². The number of hydrogen-bond acceptors (Lipinski definition) is 4. The van der Waals surface area contributed by atoms with Crippen LogP contribution in [0.15, 0.2) is 48.5 Å². The van der Waals surface area contributed by atoms with Crippen LogP contribution in [0.25, 0.3) is 0 Å². The average molecular weight is 465 g/mol. The van der Waals surface area contributed by atoms with E-state index in [1.54, 1.807) is 30.3 Å². The maximum absolute atomic E-state index is 13.0. The van der Waals surface area contributed by atoms with Gasteiger partial charge in [-0.2, -0.15) is 0 Å². The topological polar surface area (TPSA) is 39.7 Å². The van der Waals surface area contributed by atoms with Crippen LogP contribution in [0.4, 0.5) is 26.3 Å². The first kappa shape index (κ1) is 25.8. The Kier molecular flexibility index (Phi) is 10.1. The van der Waals surface area contributed by atoms with Gasteiger partial charge >= 0.3 is 6.36 Å². The highest BCUT2D eigenvalue weighted by molar-refractivity contribution is 5.35. The standard InChI is InChI=1S/C22H25F6NO3/c1-29-19(21(24)25)12-18(31-14-23)13-30-20-8-3-2-6-16(20)10-9-15-5-4-7-17(11-15)32-22(26,27)28/h2-8,11,18-19,21,29H,9-10,12-14H2,1H3. The van der Waals surface area contributed by atoms with Crippen LogP contribution in [0, 0.1) is 0 Å². The van der Waals surface area contributed by atoms with Crippen molar-refractivity contribution in [2.75, 3.05) is 20.5 Å². The van der Waals surface area contributed by atoms with Gasteiger partial charge in [0.15, 0.2) is 6.86 Å². The highest BCUT2D eigenvalue weighted by atomic mass is 19.4. The molecular formula is C22H25F6NO3. The number of alkyl halides is 6. The van der Waals surface area contributed by atoms with Crippen molar-refractivity contribution in [1.29, 1.82) is 0 Å². The predicted octanol–water partition coefficient (Wildman–Crippen LogP) is 5.30. The molecule has 2 rings (SSSR count). The maximum atomic E-state index is 13.0. The van der Waals surface area contributed by atoms with Crippen molar-refractivity contribution in [3.8, 4) is 11.5 Å². The van der Waals surface area contributed by atoms with Crippen LogP contribution < -0.4 is 14.8 Å². The van der Waals surface area contributed by atoms with Gasteiger partial charge in [-0.3, -0.25) is 0 Å². The molecule has 10 heteroatoms. The first-order valence-electron chi connectivity index (χ1n) is 9.90. The van der Waals surface area contributed by atoms with E-state index in [4.69, 9.17) is 9.47 Å². The zero-order valence-corrected chi connectivity index (χ0v) is 17.4. The normalized spacial score (nSPS) is 13.8. The van der Waals surface area contributed by atoms with Gasteiger partial charge in [-0.25, -0.2) is 13.2 Å². The molecule has 2 aromatic rings. The Hall–Kier alpha value is -2.46. The van der Waals surface area contributed by atoms with Gasteiger partial charge < -0.3 is 19.5 Å². The largest absolute Gasteiger partial charge is 0.573 e. The zero-order chi connectivity index (χ0) is 23.6. The maximum Gasteiger partial charge on any atom is 0.573 e. The quantitative estimate of drug-likeness (QED) is 0.408. The van der Waals surface area contributed by atoms with Gasteiger partial charge in [0.05, 0.1) is 12.1 Å². The summed E-state index contributed by atoms with van der Waals surface area (Å²) < 4.78 is 90.4. The van der Waals surface area contributed by atoms with Gasteiger partial charge in [0, 0.05) is 0 Å². The van der Waals surface area contributed by atoms with E-state index >= 15 is 0 Å². The Morgan fingerprint density at radius 3 is 2.41 bits per heavy atom. The number of rotatable bonds is 13. The van der Waals surface area contributed by atoms with Crippen LogP contribution >= 0.6 is 0 Å². The van der Waals surface area contributed by atoms with Crippen LogP contribution in [0.2, 0.25) is 0 Å². The lowest BCUT2D eigenvalue weighted by molar-refractivity contribution is -0.274. The van der Waals surface area contributed by atoms with Crippen LogP contribution in [0.1, 0.15) is 17.5 Å². The van der Waals surface area contributed by atoms with Crippen LogP contribution in [0.5, 0.6) is 11.5 Å². The van der Waals surface area contributed by atoms with Gasteiger partial charge in [-0.05, 0) is 55.6 Å². The summed E-state index contributed by atoms with van der Waals surface area (Å²) in [6.07, 6.45) is -7.60. The Bertz CT molecular complexity index is 818. The van der Waals surface area contributed by atoms with Gasteiger partial charge in [0.25, 0.3) is 6.43 Å². The number of aryl methyl sites for hydroxylation is 2. The van der Waals surface area contributed by atoms with E-state index in [0.717, 1.165) is 5.56 Å². The summed E-state index contributed by atoms with van der Waals surface area (Å²) in [7, 11) is 1.38. The SMILES string of the molecule is CNC(CC(COc1ccccc1CCc1cccc(OC(F)(F)F)c1)OCF)C(F)F. The summed E-state index contributed by atoms with van der Waals surface area (Å²) in [6, 6.07) is 11.5. The van der Waals surface area contributed by atoms with E-state index in [1.807, 2.05) is 0 Å². The van der Waals surface area contributed by atoms with Gasteiger partial charge in [-0.1, -0.05) is 30.3 Å². The minimum Gasteiger partial charge on any atom is -0.491 e. The first-order valence-corrected chi connectivity index (χ1v) is 9.90. The number of benzene rings is 2. The Morgan fingerprint density at radius 1 is 1.00 bits per heavy atom. The lowest BCUT2D eigenvalue weighted by atomic mass is 10.0. The molecule has 0 aliphatic carbocycles. The molecule has 32 heavy (non-hydrogen) atoms. The van der Waals surface area contributed by atoms with E-state index in [1.165, 1.54) is 25.2 Å². The fourth-order valence-corrected chi connectivity index (χ4v) is 3.11. The molecule has 1 N–H and O–H groups in total. The summed E-state index contributed by atoms with van der Waals surface area (Å²) in [5.74, 6) is 0.157. The van der Waals surface area contributed by atoms with Crippen molar-refractivity contribution in [1.82, 2.24) is 5.32 Å². The van der Waals surface area contributed by atoms with Crippen molar-refractivity contribution in [2.45, 2.75) is 44.2 Å². The van der Waals surface area contributed by atoms with E-state index in [9.17, 15) is 26.3 Å². The fraction of sp³-hybridized carbons (Fsp3) is 0.455. The summed E-state index contributed by atoms with van der Waals surface area (Å²) in [4.78, 5) is 0. The third-order valence-electron chi connectivity index (χ3n) is 4.70. The zero-order valence-electron chi connectivity index (χ0n) is 17.4. The molecule has 178 valence electrons. The molecule has 0 saturated heterocycles. The number of nitrogens with one attached hydrogen (secondary N) is 1. The van der Waals surface area contributed by atoms with Gasteiger partial charge in [0.2, 0.25) is 0 Å². The summed E-state index contributed by atoms with van der Waals surface area (Å²) >= 11 is 0. The second-order valence-corrected chi connectivity index (χ2v) is 6.98. The molecule has 4 nitrogen and oxygen atoms in total.